The Kier molecular flexibility index (Phi) is 6.83. The monoisotopic (exact) mass is 393 g/mol. The van der Waals surface area contributed by atoms with E-state index in [4.69, 9.17) is 4.74 Å². The van der Waals surface area contributed by atoms with E-state index in [-0.39, 0.29) is 18.4 Å². The number of carbonyl (C=O) groups is 2. The summed E-state index contributed by atoms with van der Waals surface area (Å²) in [5, 5.41) is 2.58. The van der Waals surface area contributed by atoms with Gasteiger partial charge >= 0.3 is 12.1 Å². The summed E-state index contributed by atoms with van der Waals surface area (Å²) in [4.78, 5) is 24.5. The van der Waals surface area contributed by atoms with E-state index in [2.05, 4.69) is 5.32 Å². The molecule has 0 bridgehead atoms. The largest absolute Gasteiger partial charge is 0.467 e. The van der Waals surface area contributed by atoms with E-state index < -0.39 is 29.7 Å². The highest BCUT2D eigenvalue weighted by Gasteiger charge is 2.30. The fraction of sp³-hybridized carbons (Fsp3) is 0.333. The van der Waals surface area contributed by atoms with Crippen LogP contribution in [0.4, 0.5) is 13.2 Å². The van der Waals surface area contributed by atoms with E-state index in [1.165, 1.54) is 19.2 Å². The fourth-order valence-electron chi connectivity index (χ4n) is 3.00. The average Bonchev–Trinajstić information content (AvgIpc) is 2.62. The number of esters is 1. The lowest BCUT2D eigenvalue weighted by Gasteiger charge is -2.19. The van der Waals surface area contributed by atoms with Gasteiger partial charge < -0.3 is 10.1 Å². The van der Waals surface area contributed by atoms with Crippen molar-refractivity contribution in [2.45, 2.75) is 38.9 Å². The smallest absolute Gasteiger partial charge is 0.416 e. The molecular formula is C21H22F3NO3. The topological polar surface area (TPSA) is 55.4 Å². The lowest BCUT2D eigenvalue weighted by molar-refractivity contribution is -0.145. The van der Waals surface area contributed by atoms with Crippen molar-refractivity contribution in [1.82, 2.24) is 5.32 Å². The number of benzene rings is 2. The molecule has 0 spiro atoms. The average molecular weight is 393 g/mol. The van der Waals surface area contributed by atoms with Crippen molar-refractivity contribution in [3.8, 4) is 0 Å². The Morgan fingerprint density at radius 2 is 1.68 bits per heavy atom. The Labute approximate surface area is 161 Å². The third kappa shape index (κ3) is 5.58. The van der Waals surface area contributed by atoms with Gasteiger partial charge in [-0.25, -0.2) is 4.79 Å². The van der Waals surface area contributed by atoms with Crippen molar-refractivity contribution in [3.63, 3.8) is 0 Å². The highest BCUT2D eigenvalue weighted by molar-refractivity contribution is 5.86. The van der Waals surface area contributed by atoms with E-state index in [1.54, 1.807) is 0 Å². The normalized spacial score (nSPS) is 12.4. The van der Waals surface area contributed by atoms with Gasteiger partial charge in [-0.05, 0) is 42.2 Å². The summed E-state index contributed by atoms with van der Waals surface area (Å²) in [5.74, 6) is -1.17. The van der Waals surface area contributed by atoms with Gasteiger partial charge in [0.05, 0.1) is 19.1 Å². The number of rotatable bonds is 6. The third-order valence-corrected chi connectivity index (χ3v) is 4.49. The number of nitrogens with one attached hydrogen (secondary N) is 1. The number of hydrogen-bond acceptors (Lipinski definition) is 3. The minimum absolute atomic E-state index is 0.211. The predicted molar refractivity (Wildman–Crippen MR) is 98.7 cm³/mol. The number of amides is 1. The van der Waals surface area contributed by atoms with Crippen molar-refractivity contribution in [1.29, 1.82) is 0 Å². The molecule has 0 saturated heterocycles. The van der Waals surface area contributed by atoms with Gasteiger partial charge in [0.15, 0.2) is 0 Å². The summed E-state index contributed by atoms with van der Waals surface area (Å²) in [6.07, 6.45) is -4.52. The number of halogens is 3. The van der Waals surface area contributed by atoms with Gasteiger partial charge in [-0.2, -0.15) is 13.2 Å². The van der Waals surface area contributed by atoms with Crippen LogP contribution < -0.4 is 5.32 Å². The van der Waals surface area contributed by atoms with Crippen LogP contribution in [-0.2, 0) is 33.3 Å². The van der Waals surface area contributed by atoms with Crippen LogP contribution in [0.25, 0.3) is 0 Å². The lowest BCUT2D eigenvalue weighted by Crippen LogP contribution is -2.44. The van der Waals surface area contributed by atoms with Crippen molar-refractivity contribution in [3.05, 3.63) is 70.3 Å². The Hall–Kier alpha value is -2.83. The van der Waals surface area contributed by atoms with E-state index in [9.17, 15) is 22.8 Å². The standard InChI is InChI=1S/C21H22F3NO3/c1-13-6-4-7-14(2)17(13)12-18(20(27)28-3)25-19(26)11-15-8-5-9-16(10-15)21(22,23)24/h4-10,18H,11-12H2,1-3H3,(H,25,26)/t18-/m1/s1. The van der Waals surface area contributed by atoms with Crippen LogP contribution in [0.1, 0.15) is 27.8 Å². The molecule has 7 heteroatoms. The summed E-state index contributed by atoms with van der Waals surface area (Å²) >= 11 is 0. The number of methoxy groups -OCH3 is 1. The lowest BCUT2D eigenvalue weighted by atomic mass is 9.96. The fourth-order valence-corrected chi connectivity index (χ4v) is 3.00. The Morgan fingerprint density at radius 1 is 1.07 bits per heavy atom. The van der Waals surface area contributed by atoms with Crippen LogP contribution in [0.3, 0.4) is 0 Å². The molecule has 1 atom stereocenters. The van der Waals surface area contributed by atoms with E-state index in [0.717, 1.165) is 28.8 Å². The van der Waals surface area contributed by atoms with E-state index in [0.29, 0.717) is 0 Å². The second-order valence-electron chi connectivity index (χ2n) is 6.59. The quantitative estimate of drug-likeness (QED) is 0.761. The van der Waals surface area contributed by atoms with Gasteiger partial charge in [0.1, 0.15) is 6.04 Å². The first-order valence-corrected chi connectivity index (χ1v) is 8.70. The first-order chi connectivity index (χ1) is 13.1. The van der Waals surface area contributed by atoms with Gasteiger partial charge in [-0.15, -0.1) is 0 Å². The number of ether oxygens (including phenoxy) is 1. The van der Waals surface area contributed by atoms with Crippen LogP contribution in [0.5, 0.6) is 0 Å². The molecule has 2 rings (SSSR count). The minimum Gasteiger partial charge on any atom is -0.467 e. The Balaban J connectivity index is 2.15. The molecule has 1 amide bonds. The molecular weight excluding hydrogens is 371 g/mol. The minimum atomic E-state index is -4.48. The zero-order chi connectivity index (χ0) is 20.9. The first kappa shape index (κ1) is 21.5. The van der Waals surface area contributed by atoms with Crippen LogP contribution in [0.15, 0.2) is 42.5 Å². The van der Waals surface area contributed by atoms with Gasteiger partial charge in [-0.1, -0.05) is 36.4 Å². The maximum absolute atomic E-state index is 12.8. The SMILES string of the molecule is COC(=O)[C@@H](Cc1c(C)cccc1C)NC(=O)Cc1cccc(C(F)(F)F)c1. The van der Waals surface area contributed by atoms with Gasteiger partial charge in [-0.3, -0.25) is 4.79 Å². The number of aryl methyl sites for hydroxylation is 2. The van der Waals surface area contributed by atoms with Crippen LogP contribution in [0, 0.1) is 13.8 Å². The van der Waals surface area contributed by atoms with Crippen LogP contribution in [0.2, 0.25) is 0 Å². The van der Waals surface area contributed by atoms with Crippen LogP contribution in [-0.4, -0.2) is 25.0 Å². The Morgan fingerprint density at radius 3 is 2.25 bits per heavy atom. The summed E-state index contributed by atoms with van der Waals surface area (Å²) in [5.41, 5.74) is 2.25. The molecule has 0 aliphatic carbocycles. The van der Waals surface area contributed by atoms with E-state index in [1.807, 2.05) is 32.0 Å². The zero-order valence-corrected chi connectivity index (χ0v) is 15.9. The molecule has 0 heterocycles. The summed E-state index contributed by atoms with van der Waals surface area (Å²) in [7, 11) is 1.22. The van der Waals surface area contributed by atoms with Crippen molar-refractivity contribution in [2.24, 2.45) is 0 Å². The molecule has 0 radical (unpaired) electrons. The highest BCUT2D eigenvalue weighted by Crippen LogP contribution is 2.29. The van der Waals surface area contributed by atoms with Crippen molar-refractivity contribution < 1.29 is 27.5 Å². The third-order valence-electron chi connectivity index (χ3n) is 4.49. The maximum atomic E-state index is 12.8. The molecule has 0 aliphatic rings. The Bertz CT molecular complexity index is 842. The molecule has 0 fully saturated rings. The highest BCUT2D eigenvalue weighted by atomic mass is 19.4. The molecule has 0 aliphatic heterocycles. The molecule has 1 N–H and O–H groups in total. The van der Waals surface area contributed by atoms with E-state index >= 15 is 0 Å². The van der Waals surface area contributed by atoms with Crippen LogP contribution >= 0.6 is 0 Å². The molecule has 0 aromatic heterocycles. The van der Waals surface area contributed by atoms with Crippen molar-refractivity contribution in [2.75, 3.05) is 7.11 Å². The molecule has 150 valence electrons. The molecule has 2 aromatic rings. The number of alkyl halides is 3. The van der Waals surface area contributed by atoms with Crippen molar-refractivity contribution >= 4 is 11.9 Å². The summed E-state index contributed by atoms with van der Waals surface area (Å²) < 4.78 is 43.2. The molecule has 4 nitrogen and oxygen atoms in total. The summed E-state index contributed by atoms with van der Waals surface area (Å²) in [6.45, 7) is 3.81. The first-order valence-electron chi connectivity index (χ1n) is 8.70. The number of carbonyl (C=O) groups excluding carboxylic acids is 2. The van der Waals surface area contributed by atoms with Gasteiger partial charge in [0, 0.05) is 6.42 Å². The van der Waals surface area contributed by atoms with Gasteiger partial charge in [0.25, 0.3) is 0 Å². The zero-order valence-electron chi connectivity index (χ0n) is 15.9. The predicted octanol–water partition coefficient (Wildman–Crippen LogP) is 3.77. The number of hydrogen-bond donors (Lipinski definition) is 1. The summed E-state index contributed by atoms with van der Waals surface area (Å²) in [6, 6.07) is 9.34. The maximum Gasteiger partial charge on any atom is 0.416 e. The molecule has 0 unspecified atom stereocenters. The van der Waals surface area contributed by atoms with Gasteiger partial charge in [0.2, 0.25) is 5.91 Å². The molecule has 2 aromatic carbocycles. The molecule has 0 saturated carbocycles. The molecule has 28 heavy (non-hydrogen) atoms. The second kappa shape index (κ2) is 8.91. The second-order valence-corrected chi connectivity index (χ2v) is 6.59.